The van der Waals surface area contributed by atoms with Gasteiger partial charge in [-0.3, -0.25) is 4.90 Å². The zero-order chi connectivity index (χ0) is 15.9. The molecule has 3 unspecified atom stereocenters. The lowest BCUT2D eigenvalue weighted by atomic mass is 10.1. The SMILES string of the molecule is CNC(=O)N1CC2CC1C(C(F)(F)F)N2Cc1ccccc1. The van der Waals surface area contributed by atoms with Crippen molar-refractivity contribution in [2.45, 2.75) is 37.3 Å². The topological polar surface area (TPSA) is 35.6 Å². The Morgan fingerprint density at radius 3 is 2.59 bits per heavy atom. The van der Waals surface area contributed by atoms with E-state index >= 15 is 0 Å². The third-order valence-electron chi connectivity index (χ3n) is 4.53. The normalized spacial score (nSPS) is 28.2. The monoisotopic (exact) mass is 313 g/mol. The van der Waals surface area contributed by atoms with Crippen LogP contribution in [0.1, 0.15) is 12.0 Å². The number of fused-ring (bicyclic) bond motifs is 2. The number of likely N-dealkylation sites (tertiary alicyclic amines) is 2. The van der Waals surface area contributed by atoms with Crippen molar-refractivity contribution < 1.29 is 18.0 Å². The molecule has 3 atom stereocenters. The zero-order valence-corrected chi connectivity index (χ0v) is 12.2. The van der Waals surface area contributed by atoms with Gasteiger partial charge in [-0.1, -0.05) is 30.3 Å². The molecule has 120 valence electrons. The molecular weight excluding hydrogens is 295 g/mol. The third kappa shape index (κ3) is 2.54. The van der Waals surface area contributed by atoms with Crippen molar-refractivity contribution in [2.24, 2.45) is 0 Å². The molecular formula is C15H18F3N3O. The Balaban J connectivity index is 1.84. The van der Waals surface area contributed by atoms with Gasteiger partial charge in [0.15, 0.2) is 0 Å². The molecule has 2 fully saturated rings. The van der Waals surface area contributed by atoms with Crippen LogP contribution in [-0.2, 0) is 6.54 Å². The van der Waals surface area contributed by atoms with Crippen LogP contribution in [0.2, 0.25) is 0 Å². The maximum atomic E-state index is 13.5. The van der Waals surface area contributed by atoms with Crippen LogP contribution in [0.15, 0.2) is 30.3 Å². The summed E-state index contributed by atoms with van der Waals surface area (Å²) in [7, 11) is 1.44. The Bertz CT molecular complexity index is 549. The number of nitrogens with one attached hydrogen (secondary N) is 1. The molecule has 0 aliphatic carbocycles. The van der Waals surface area contributed by atoms with Crippen molar-refractivity contribution in [3.63, 3.8) is 0 Å². The fraction of sp³-hybridized carbons (Fsp3) is 0.533. The molecule has 2 saturated heterocycles. The van der Waals surface area contributed by atoms with Crippen LogP contribution in [0.5, 0.6) is 0 Å². The van der Waals surface area contributed by atoms with E-state index in [4.69, 9.17) is 0 Å². The fourth-order valence-electron chi connectivity index (χ4n) is 3.64. The first-order valence-electron chi connectivity index (χ1n) is 7.26. The smallest absolute Gasteiger partial charge is 0.341 e. The Morgan fingerprint density at radius 2 is 2.00 bits per heavy atom. The van der Waals surface area contributed by atoms with Crippen molar-refractivity contribution >= 4 is 6.03 Å². The standard InChI is InChI=1S/C15H18F3N3O/c1-19-14(22)21-9-11-7-12(21)13(15(16,17)18)20(11)8-10-5-3-2-4-6-10/h2-6,11-13H,7-9H2,1H3,(H,19,22). The number of nitrogens with zero attached hydrogens (tertiary/aromatic N) is 2. The molecule has 2 aliphatic heterocycles. The Morgan fingerprint density at radius 1 is 1.32 bits per heavy atom. The third-order valence-corrected chi connectivity index (χ3v) is 4.53. The van der Waals surface area contributed by atoms with E-state index in [2.05, 4.69) is 5.32 Å². The molecule has 2 heterocycles. The summed E-state index contributed by atoms with van der Waals surface area (Å²) in [6, 6.07) is 6.08. The van der Waals surface area contributed by atoms with E-state index < -0.39 is 24.3 Å². The van der Waals surface area contributed by atoms with E-state index in [1.165, 1.54) is 16.8 Å². The second kappa shape index (κ2) is 5.46. The highest BCUT2D eigenvalue weighted by Crippen LogP contribution is 2.43. The van der Waals surface area contributed by atoms with Crippen molar-refractivity contribution in [2.75, 3.05) is 13.6 Å². The number of urea groups is 1. The molecule has 1 aromatic rings. The minimum atomic E-state index is -4.35. The lowest BCUT2D eigenvalue weighted by molar-refractivity contribution is -0.197. The Labute approximate surface area is 126 Å². The molecule has 4 nitrogen and oxygen atoms in total. The van der Waals surface area contributed by atoms with Gasteiger partial charge in [0.05, 0.1) is 6.04 Å². The van der Waals surface area contributed by atoms with E-state index in [9.17, 15) is 18.0 Å². The lowest BCUT2D eigenvalue weighted by Gasteiger charge is -2.41. The molecule has 1 N–H and O–H groups in total. The summed E-state index contributed by atoms with van der Waals surface area (Å²) in [6.07, 6.45) is -3.97. The lowest BCUT2D eigenvalue weighted by Crippen LogP contribution is -2.61. The summed E-state index contributed by atoms with van der Waals surface area (Å²) in [6.45, 7) is 0.609. The van der Waals surface area contributed by atoms with Crippen molar-refractivity contribution in [3.8, 4) is 0 Å². The first-order valence-corrected chi connectivity index (χ1v) is 7.26. The maximum absolute atomic E-state index is 13.5. The molecule has 2 amide bonds. The number of rotatable bonds is 2. The molecule has 0 aromatic heterocycles. The van der Waals surface area contributed by atoms with Gasteiger partial charge in [0, 0.05) is 26.2 Å². The average molecular weight is 313 g/mol. The van der Waals surface area contributed by atoms with Gasteiger partial charge in [0.1, 0.15) is 6.04 Å². The summed E-state index contributed by atoms with van der Waals surface area (Å²) >= 11 is 0. The highest BCUT2D eigenvalue weighted by molar-refractivity contribution is 5.75. The van der Waals surface area contributed by atoms with Crippen molar-refractivity contribution in [1.29, 1.82) is 0 Å². The number of hydrogen-bond acceptors (Lipinski definition) is 2. The predicted molar refractivity (Wildman–Crippen MR) is 75.2 cm³/mol. The van der Waals surface area contributed by atoms with Crippen LogP contribution < -0.4 is 5.32 Å². The molecule has 0 radical (unpaired) electrons. The van der Waals surface area contributed by atoms with Crippen molar-refractivity contribution in [1.82, 2.24) is 15.1 Å². The summed E-state index contributed by atoms with van der Waals surface area (Å²) in [5.41, 5.74) is 0.857. The van der Waals surface area contributed by atoms with Crippen LogP contribution in [-0.4, -0.2) is 53.7 Å². The largest absolute Gasteiger partial charge is 0.406 e. The first kappa shape index (κ1) is 15.1. The summed E-state index contributed by atoms with van der Waals surface area (Å²) in [4.78, 5) is 14.6. The zero-order valence-electron chi connectivity index (χ0n) is 12.2. The van der Waals surface area contributed by atoms with Crippen LogP contribution in [0.25, 0.3) is 0 Å². The summed E-state index contributed by atoms with van der Waals surface area (Å²) in [5, 5.41) is 2.43. The number of hydrogen-bond donors (Lipinski definition) is 1. The van der Waals surface area contributed by atoms with Gasteiger partial charge in [-0.15, -0.1) is 0 Å². The molecule has 0 spiro atoms. The number of carbonyl (C=O) groups excluding carboxylic acids is 1. The van der Waals surface area contributed by atoms with Gasteiger partial charge in [-0.25, -0.2) is 4.79 Å². The van der Waals surface area contributed by atoms with Gasteiger partial charge in [0.25, 0.3) is 0 Å². The number of carbonyl (C=O) groups is 1. The van der Waals surface area contributed by atoms with E-state index in [1.807, 2.05) is 30.3 Å². The number of alkyl halides is 3. The molecule has 0 saturated carbocycles. The highest BCUT2D eigenvalue weighted by atomic mass is 19.4. The van der Waals surface area contributed by atoms with Gasteiger partial charge in [-0.2, -0.15) is 13.2 Å². The molecule has 22 heavy (non-hydrogen) atoms. The quantitative estimate of drug-likeness (QED) is 0.909. The average Bonchev–Trinajstić information content (AvgIpc) is 3.05. The molecule has 2 bridgehead atoms. The first-order chi connectivity index (χ1) is 10.4. The molecule has 7 heteroatoms. The van der Waals surface area contributed by atoms with E-state index in [0.717, 1.165) is 5.56 Å². The number of benzene rings is 1. The minimum Gasteiger partial charge on any atom is -0.341 e. The van der Waals surface area contributed by atoms with Crippen LogP contribution >= 0.6 is 0 Å². The van der Waals surface area contributed by atoms with Crippen LogP contribution in [0.4, 0.5) is 18.0 Å². The highest BCUT2D eigenvalue weighted by Gasteiger charge is 2.61. The van der Waals surface area contributed by atoms with E-state index in [0.29, 0.717) is 13.0 Å². The van der Waals surface area contributed by atoms with Gasteiger partial charge in [-0.05, 0) is 12.0 Å². The van der Waals surface area contributed by atoms with Gasteiger partial charge in [0.2, 0.25) is 0 Å². The maximum Gasteiger partial charge on any atom is 0.406 e. The molecule has 3 rings (SSSR count). The van der Waals surface area contributed by atoms with Crippen LogP contribution in [0.3, 0.4) is 0 Å². The number of amides is 2. The predicted octanol–water partition coefficient (Wildman–Crippen LogP) is 2.22. The minimum absolute atomic E-state index is 0.242. The second-order valence-corrected chi connectivity index (χ2v) is 5.81. The summed E-state index contributed by atoms with van der Waals surface area (Å²) in [5.74, 6) is 0. The van der Waals surface area contributed by atoms with E-state index in [-0.39, 0.29) is 12.6 Å². The molecule has 1 aromatic carbocycles. The summed E-state index contributed by atoms with van der Waals surface area (Å²) < 4.78 is 40.5. The fourth-order valence-corrected chi connectivity index (χ4v) is 3.64. The number of halogens is 3. The Hall–Kier alpha value is -1.76. The van der Waals surface area contributed by atoms with Gasteiger partial charge >= 0.3 is 12.2 Å². The van der Waals surface area contributed by atoms with Gasteiger partial charge < -0.3 is 10.2 Å². The van der Waals surface area contributed by atoms with Crippen LogP contribution in [0, 0.1) is 0 Å². The van der Waals surface area contributed by atoms with Crippen molar-refractivity contribution in [3.05, 3.63) is 35.9 Å². The number of piperazine rings is 1. The van der Waals surface area contributed by atoms with E-state index in [1.54, 1.807) is 0 Å². The second-order valence-electron chi connectivity index (χ2n) is 5.81. The molecule has 2 aliphatic rings. The Kier molecular flexibility index (Phi) is 3.76.